The van der Waals surface area contributed by atoms with Crippen molar-refractivity contribution in [2.75, 3.05) is 0 Å². The van der Waals surface area contributed by atoms with E-state index in [1.807, 2.05) is 0 Å². The highest BCUT2D eigenvalue weighted by Crippen LogP contribution is 2.24. The molecule has 0 atom stereocenters. The Kier molecular flexibility index (Phi) is 2.49. The van der Waals surface area contributed by atoms with E-state index in [4.69, 9.17) is 9.66 Å². The third-order valence-electron chi connectivity index (χ3n) is 1.95. The molecule has 2 aromatic rings. The second-order valence-corrected chi connectivity index (χ2v) is 4.72. The molecule has 16 heavy (non-hydrogen) atoms. The Bertz CT molecular complexity index is 618. The molecule has 0 aliphatic rings. The first-order valence-electron chi connectivity index (χ1n) is 4.41. The fraction of sp³-hybridized carbons (Fsp3) is 0.111. The summed E-state index contributed by atoms with van der Waals surface area (Å²) in [6.07, 6.45) is 0. The first kappa shape index (κ1) is 10.8. The predicted molar refractivity (Wildman–Crippen MR) is 55.8 cm³/mol. The lowest BCUT2D eigenvalue weighted by molar-refractivity contribution is 0.424. The van der Waals surface area contributed by atoms with Gasteiger partial charge in [0.15, 0.2) is 5.82 Å². The fourth-order valence-corrected chi connectivity index (χ4v) is 2.03. The maximum absolute atomic E-state index is 11.3. The van der Waals surface area contributed by atoms with Crippen LogP contribution in [0.15, 0.2) is 33.7 Å². The zero-order chi connectivity index (χ0) is 11.8. The normalized spacial score (nSPS) is 11.6. The van der Waals surface area contributed by atoms with Crippen LogP contribution in [0.4, 0.5) is 0 Å². The number of nitrogens with zero attached hydrogens (tertiary/aromatic N) is 2. The minimum absolute atomic E-state index is 0.0290. The van der Waals surface area contributed by atoms with Gasteiger partial charge in [0.25, 0.3) is 5.89 Å². The minimum atomic E-state index is -3.80. The van der Waals surface area contributed by atoms with Gasteiger partial charge in [-0.2, -0.15) is 4.98 Å². The lowest BCUT2D eigenvalue weighted by atomic mass is 10.2. The van der Waals surface area contributed by atoms with E-state index >= 15 is 0 Å². The molecule has 0 radical (unpaired) electrons. The molecule has 1 aromatic heterocycles. The van der Waals surface area contributed by atoms with Crippen molar-refractivity contribution in [1.29, 1.82) is 0 Å². The largest absolute Gasteiger partial charge is 0.334 e. The predicted octanol–water partition coefficient (Wildman–Crippen LogP) is 0.692. The lowest BCUT2D eigenvalue weighted by Crippen LogP contribution is -2.13. The van der Waals surface area contributed by atoms with Crippen molar-refractivity contribution in [2.45, 2.75) is 11.8 Å². The molecule has 0 aliphatic heterocycles. The first-order valence-corrected chi connectivity index (χ1v) is 5.95. The van der Waals surface area contributed by atoms with E-state index in [2.05, 4.69) is 10.1 Å². The highest BCUT2D eigenvalue weighted by molar-refractivity contribution is 7.89. The summed E-state index contributed by atoms with van der Waals surface area (Å²) >= 11 is 0. The van der Waals surface area contributed by atoms with E-state index in [9.17, 15) is 8.42 Å². The quantitative estimate of drug-likeness (QED) is 0.831. The smallest absolute Gasteiger partial charge is 0.259 e. The van der Waals surface area contributed by atoms with E-state index in [-0.39, 0.29) is 10.8 Å². The molecule has 0 unspecified atom stereocenters. The Hall–Kier alpha value is -1.73. The topological polar surface area (TPSA) is 99.1 Å². The number of aromatic nitrogens is 2. The summed E-state index contributed by atoms with van der Waals surface area (Å²) in [6, 6.07) is 6.20. The van der Waals surface area contributed by atoms with Crippen LogP contribution in [0, 0.1) is 6.92 Å². The summed E-state index contributed by atoms with van der Waals surface area (Å²) in [4.78, 5) is 3.93. The summed E-state index contributed by atoms with van der Waals surface area (Å²) < 4.78 is 27.5. The van der Waals surface area contributed by atoms with Crippen LogP contribution in [-0.4, -0.2) is 18.6 Å². The summed E-state index contributed by atoms with van der Waals surface area (Å²) in [7, 11) is -3.80. The SMILES string of the molecule is Cc1noc(-c2ccccc2S(N)(=O)=O)n1. The highest BCUT2D eigenvalue weighted by atomic mass is 32.2. The molecule has 1 heterocycles. The molecule has 84 valence electrons. The van der Waals surface area contributed by atoms with Crippen molar-refractivity contribution in [3.63, 3.8) is 0 Å². The molecule has 0 saturated heterocycles. The number of hydrogen-bond acceptors (Lipinski definition) is 5. The monoisotopic (exact) mass is 239 g/mol. The average molecular weight is 239 g/mol. The van der Waals surface area contributed by atoms with Crippen molar-refractivity contribution >= 4 is 10.0 Å². The highest BCUT2D eigenvalue weighted by Gasteiger charge is 2.18. The van der Waals surface area contributed by atoms with Gasteiger partial charge in [0.05, 0.1) is 10.5 Å². The third-order valence-corrected chi connectivity index (χ3v) is 2.92. The average Bonchev–Trinajstić information content (AvgIpc) is 2.64. The maximum atomic E-state index is 11.3. The van der Waals surface area contributed by atoms with Crippen LogP contribution in [0.5, 0.6) is 0 Å². The van der Waals surface area contributed by atoms with Gasteiger partial charge in [-0.1, -0.05) is 17.3 Å². The van der Waals surface area contributed by atoms with Crippen molar-refractivity contribution in [3.05, 3.63) is 30.1 Å². The minimum Gasteiger partial charge on any atom is -0.334 e. The molecule has 1 aromatic carbocycles. The summed E-state index contributed by atoms with van der Waals surface area (Å²) in [5.41, 5.74) is 0.311. The van der Waals surface area contributed by atoms with Gasteiger partial charge in [0, 0.05) is 0 Å². The number of rotatable bonds is 2. The number of sulfonamides is 1. The third kappa shape index (κ3) is 1.95. The molecule has 2 N–H and O–H groups in total. The zero-order valence-electron chi connectivity index (χ0n) is 8.41. The molecule has 0 spiro atoms. The number of primary sulfonamides is 1. The van der Waals surface area contributed by atoms with Crippen LogP contribution < -0.4 is 5.14 Å². The molecule has 7 heteroatoms. The Morgan fingerprint density at radius 3 is 2.56 bits per heavy atom. The van der Waals surface area contributed by atoms with E-state index in [0.29, 0.717) is 11.4 Å². The van der Waals surface area contributed by atoms with Crippen LogP contribution in [-0.2, 0) is 10.0 Å². The zero-order valence-corrected chi connectivity index (χ0v) is 9.23. The van der Waals surface area contributed by atoms with Gasteiger partial charge in [-0.3, -0.25) is 0 Å². The van der Waals surface area contributed by atoms with Crippen molar-refractivity contribution in [1.82, 2.24) is 10.1 Å². The molecule has 2 rings (SSSR count). The molecule has 0 fully saturated rings. The van der Waals surface area contributed by atoms with E-state index in [1.54, 1.807) is 25.1 Å². The van der Waals surface area contributed by atoms with Gasteiger partial charge in [0.1, 0.15) is 0 Å². The van der Waals surface area contributed by atoms with Crippen molar-refractivity contribution in [2.24, 2.45) is 5.14 Å². The Morgan fingerprint density at radius 2 is 2.00 bits per heavy atom. The van der Waals surface area contributed by atoms with Gasteiger partial charge < -0.3 is 4.52 Å². The maximum Gasteiger partial charge on any atom is 0.259 e. The molecule has 0 amide bonds. The van der Waals surface area contributed by atoms with Gasteiger partial charge >= 0.3 is 0 Å². The summed E-state index contributed by atoms with van der Waals surface area (Å²) in [5, 5.41) is 8.68. The first-order chi connectivity index (χ1) is 7.48. The number of nitrogens with two attached hydrogens (primary N) is 1. The number of aryl methyl sites for hydroxylation is 1. The Morgan fingerprint density at radius 1 is 1.31 bits per heavy atom. The molecular weight excluding hydrogens is 230 g/mol. The van der Waals surface area contributed by atoms with Crippen molar-refractivity contribution in [3.8, 4) is 11.5 Å². The van der Waals surface area contributed by atoms with Crippen LogP contribution in [0.25, 0.3) is 11.5 Å². The second kappa shape index (κ2) is 3.69. The lowest BCUT2D eigenvalue weighted by Gasteiger charge is -2.02. The van der Waals surface area contributed by atoms with Crippen molar-refractivity contribution < 1.29 is 12.9 Å². The van der Waals surface area contributed by atoms with Crippen LogP contribution >= 0.6 is 0 Å². The van der Waals surface area contributed by atoms with E-state index in [0.717, 1.165) is 0 Å². The molecule has 0 bridgehead atoms. The fourth-order valence-electron chi connectivity index (χ4n) is 1.30. The van der Waals surface area contributed by atoms with Gasteiger partial charge in [-0.25, -0.2) is 13.6 Å². The summed E-state index contributed by atoms with van der Waals surface area (Å²) in [5.74, 6) is 0.571. The summed E-state index contributed by atoms with van der Waals surface area (Å²) in [6.45, 7) is 1.65. The Balaban J connectivity index is 2.66. The molecule has 6 nitrogen and oxygen atoms in total. The van der Waals surface area contributed by atoms with E-state index < -0.39 is 10.0 Å². The van der Waals surface area contributed by atoms with Gasteiger partial charge in [-0.15, -0.1) is 0 Å². The van der Waals surface area contributed by atoms with Gasteiger partial charge in [-0.05, 0) is 19.1 Å². The van der Waals surface area contributed by atoms with Crippen LogP contribution in [0.2, 0.25) is 0 Å². The standard InChI is InChI=1S/C9H9N3O3S/c1-6-11-9(15-12-6)7-4-2-3-5-8(7)16(10,13)14/h2-5H,1H3,(H2,10,13,14). The van der Waals surface area contributed by atoms with Gasteiger partial charge in [0.2, 0.25) is 10.0 Å². The Labute approximate surface area is 92.1 Å². The second-order valence-electron chi connectivity index (χ2n) is 3.19. The van der Waals surface area contributed by atoms with E-state index in [1.165, 1.54) is 6.07 Å². The molecular formula is C9H9N3O3S. The number of hydrogen-bond donors (Lipinski definition) is 1. The van der Waals surface area contributed by atoms with Crippen LogP contribution in [0.1, 0.15) is 5.82 Å². The van der Waals surface area contributed by atoms with Crippen LogP contribution in [0.3, 0.4) is 0 Å². The molecule has 0 aliphatic carbocycles. The number of benzene rings is 1. The molecule has 0 saturated carbocycles.